The van der Waals surface area contributed by atoms with Crippen molar-refractivity contribution >= 4 is 99.0 Å². The number of hydrogen-bond donors (Lipinski definition) is 0. The summed E-state index contributed by atoms with van der Waals surface area (Å²) >= 11 is 0. The first-order valence-electron chi connectivity index (χ1n) is 26.4. The van der Waals surface area contributed by atoms with Gasteiger partial charge in [-0.15, -0.1) is 0 Å². The number of anilines is 6. The molecule has 0 radical (unpaired) electrons. The molecular weight excluding hydrogens is 919 g/mol. The highest BCUT2D eigenvalue weighted by Crippen LogP contribution is 2.51. The third-order valence-electron chi connectivity index (χ3n) is 16.3. The van der Waals surface area contributed by atoms with Gasteiger partial charge in [0, 0.05) is 49.1 Å². The van der Waals surface area contributed by atoms with E-state index in [1.165, 1.54) is 104 Å². The maximum atomic E-state index is 2.53. The molecule has 0 fully saturated rings. The van der Waals surface area contributed by atoms with Crippen molar-refractivity contribution in [2.45, 2.75) is 19.3 Å². The second-order valence-electron chi connectivity index (χ2n) is 20.9. The highest BCUT2D eigenvalue weighted by atomic mass is 15.2. The molecule has 0 bridgehead atoms. The Hall–Kier alpha value is -9.70. The standard InChI is InChI=1S/C73H51N3/c1-73(2)64-29-11-12-30-71(64)76-70-44-39-54(48-35-40-56(41-36-48)74(66-31-13-21-50-17-3-7-25-58(50)66)67-32-14-22-51-18-4-8-26-59(51)67)45-62(70)63-46-55(47-65(73)72(63)76)49-37-42-57(43-38-49)75(68-33-15-23-52-19-5-9-27-60(52)68)69-34-16-24-53-20-6-10-28-61(53)69/h3-47H,1-2H3. The molecule has 0 unspecified atom stereocenters. The monoisotopic (exact) mass is 969 g/mol. The van der Waals surface area contributed by atoms with Crippen LogP contribution in [0, 0.1) is 0 Å². The molecule has 0 N–H and O–H groups in total. The lowest BCUT2D eigenvalue weighted by atomic mass is 9.74. The predicted octanol–water partition coefficient (Wildman–Crippen LogP) is 20.3. The third-order valence-corrected chi connectivity index (χ3v) is 16.3. The first-order valence-corrected chi connectivity index (χ1v) is 26.4. The van der Waals surface area contributed by atoms with Crippen molar-refractivity contribution in [1.29, 1.82) is 0 Å². The number of benzene rings is 13. The minimum atomic E-state index is -0.243. The Bertz CT molecular complexity index is 4440. The summed E-state index contributed by atoms with van der Waals surface area (Å²) in [7, 11) is 0. The van der Waals surface area contributed by atoms with Crippen LogP contribution in [0.15, 0.2) is 273 Å². The number of hydrogen-bond acceptors (Lipinski definition) is 2. The van der Waals surface area contributed by atoms with E-state index < -0.39 is 0 Å². The molecule has 0 saturated heterocycles. The van der Waals surface area contributed by atoms with Gasteiger partial charge in [0.25, 0.3) is 0 Å². The topological polar surface area (TPSA) is 11.4 Å². The van der Waals surface area contributed by atoms with Gasteiger partial charge in [-0.25, -0.2) is 0 Å². The Morgan fingerprint density at radius 1 is 0.289 bits per heavy atom. The van der Waals surface area contributed by atoms with Crippen molar-refractivity contribution in [2.75, 3.05) is 9.80 Å². The van der Waals surface area contributed by atoms with E-state index in [-0.39, 0.29) is 5.41 Å². The summed E-state index contributed by atoms with van der Waals surface area (Å²) in [6.07, 6.45) is 0. The zero-order chi connectivity index (χ0) is 50.5. The average molecular weight is 970 g/mol. The minimum absolute atomic E-state index is 0.243. The van der Waals surface area contributed by atoms with E-state index in [9.17, 15) is 0 Å². The Morgan fingerprint density at radius 2 is 0.671 bits per heavy atom. The lowest BCUT2D eigenvalue weighted by Crippen LogP contribution is -2.26. The number of nitrogens with zero attached hydrogens (tertiary/aromatic N) is 3. The van der Waals surface area contributed by atoms with Gasteiger partial charge in [0.15, 0.2) is 0 Å². The third kappa shape index (κ3) is 6.82. The quantitative estimate of drug-likeness (QED) is 0.150. The first-order chi connectivity index (χ1) is 37.5. The molecule has 0 spiro atoms. The molecule has 3 heteroatoms. The Kier molecular flexibility index (Phi) is 9.92. The predicted molar refractivity (Wildman–Crippen MR) is 323 cm³/mol. The molecule has 3 nitrogen and oxygen atoms in total. The van der Waals surface area contributed by atoms with Crippen LogP contribution in [0.25, 0.3) is 92.8 Å². The number of fused-ring (bicyclic) bond motifs is 9. The van der Waals surface area contributed by atoms with E-state index in [0.717, 1.165) is 34.1 Å². The van der Waals surface area contributed by atoms with Gasteiger partial charge >= 0.3 is 0 Å². The van der Waals surface area contributed by atoms with Gasteiger partial charge in [-0.1, -0.05) is 208 Å². The highest BCUT2D eigenvalue weighted by Gasteiger charge is 2.36. The van der Waals surface area contributed by atoms with E-state index in [2.05, 4.69) is 301 Å². The van der Waals surface area contributed by atoms with Crippen LogP contribution in [0.2, 0.25) is 0 Å². The van der Waals surface area contributed by atoms with Gasteiger partial charge in [-0.05, 0) is 134 Å². The lowest BCUT2D eigenvalue weighted by molar-refractivity contribution is 0.630. The molecule has 1 aromatic heterocycles. The SMILES string of the molecule is CC1(C)c2ccccc2-n2c3ccc(-c4ccc(N(c5cccc6ccccc56)c5cccc6ccccc56)cc4)cc3c3cc(-c4ccc(N(c5cccc6ccccc56)c5cccc6ccccc56)cc4)cc1c32. The van der Waals surface area contributed by atoms with Crippen LogP contribution < -0.4 is 9.80 Å². The van der Waals surface area contributed by atoms with Crippen molar-refractivity contribution in [3.63, 3.8) is 0 Å². The summed E-state index contributed by atoms with van der Waals surface area (Å²) in [4.78, 5) is 4.87. The number of rotatable bonds is 8. The summed E-state index contributed by atoms with van der Waals surface area (Å²) < 4.78 is 2.53. The molecular formula is C73H51N3. The van der Waals surface area contributed by atoms with Crippen LogP contribution in [0.1, 0.15) is 25.0 Å². The smallest absolute Gasteiger partial charge is 0.0582 e. The summed E-state index contributed by atoms with van der Waals surface area (Å²) in [5.74, 6) is 0. The van der Waals surface area contributed by atoms with Crippen molar-refractivity contribution in [2.24, 2.45) is 0 Å². The number of para-hydroxylation sites is 1. The van der Waals surface area contributed by atoms with Gasteiger partial charge in [-0.2, -0.15) is 0 Å². The zero-order valence-electron chi connectivity index (χ0n) is 42.3. The summed E-state index contributed by atoms with van der Waals surface area (Å²) in [6.45, 7) is 4.79. The fraction of sp³-hybridized carbons (Fsp3) is 0.0411. The molecule has 2 heterocycles. The average Bonchev–Trinajstić information content (AvgIpc) is 4.02. The molecule has 358 valence electrons. The molecule has 0 amide bonds. The van der Waals surface area contributed by atoms with Crippen molar-refractivity contribution in [1.82, 2.24) is 4.57 Å². The van der Waals surface area contributed by atoms with Crippen LogP contribution in [0.4, 0.5) is 34.1 Å². The van der Waals surface area contributed by atoms with Gasteiger partial charge < -0.3 is 14.4 Å². The summed E-state index contributed by atoms with van der Waals surface area (Å²) in [5.41, 5.74) is 17.7. The van der Waals surface area contributed by atoms with E-state index in [0.29, 0.717) is 0 Å². The van der Waals surface area contributed by atoms with Crippen LogP contribution in [-0.4, -0.2) is 4.57 Å². The maximum absolute atomic E-state index is 2.53. The molecule has 1 aliphatic heterocycles. The summed E-state index contributed by atoms with van der Waals surface area (Å²) in [6, 6.07) is 101. The van der Waals surface area contributed by atoms with Gasteiger partial charge in [-0.3, -0.25) is 0 Å². The minimum Gasteiger partial charge on any atom is -0.309 e. The molecule has 76 heavy (non-hydrogen) atoms. The molecule has 13 aromatic carbocycles. The van der Waals surface area contributed by atoms with Gasteiger partial charge in [0.05, 0.1) is 39.5 Å². The normalized spacial score (nSPS) is 12.7. The molecule has 14 aromatic rings. The summed E-state index contributed by atoms with van der Waals surface area (Å²) in [5, 5.41) is 12.2. The van der Waals surface area contributed by atoms with Gasteiger partial charge in [0.2, 0.25) is 0 Å². The first kappa shape index (κ1) is 43.8. The van der Waals surface area contributed by atoms with Gasteiger partial charge in [0.1, 0.15) is 0 Å². The largest absolute Gasteiger partial charge is 0.309 e. The van der Waals surface area contributed by atoms with Crippen LogP contribution in [-0.2, 0) is 5.41 Å². The molecule has 1 aliphatic rings. The maximum Gasteiger partial charge on any atom is 0.0582 e. The molecule has 15 rings (SSSR count). The molecule has 0 atom stereocenters. The lowest BCUT2D eigenvalue weighted by Gasteiger charge is -2.35. The van der Waals surface area contributed by atoms with E-state index in [1.54, 1.807) is 0 Å². The van der Waals surface area contributed by atoms with E-state index in [4.69, 9.17) is 0 Å². The van der Waals surface area contributed by atoms with E-state index >= 15 is 0 Å². The van der Waals surface area contributed by atoms with Crippen LogP contribution in [0.5, 0.6) is 0 Å². The fourth-order valence-electron chi connectivity index (χ4n) is 12.6. The fourth-order valence-corrected chi connectivity index (χ4v) is 12.6. The van der Waals surface area contributed by atoms with Crippen LogP contribution in [0.3, 0.4) is 0 Å². The second kappa shape index (κ2) is 17.2. The van der Waals surface area contributed by atoms with Crippen molar-refractivity contribution < 1.29 is 0 Å². The molecule has 0 saturated carbocycles. The zero-order valence-corrected chi connectivity index (χ0v) is 42.3. The highest BCUT2D eigenvalue weighted by molar-refractivity contribution is 6.14. The Morgan fingerprint density at radius 3 is 1.14 bits per heavy atom. The second-order valence-corrected chi connectivity index (χ2v) is 20.9. The van der Waals surface area contributed by atoms with Crippen molar-refractivity contribution in [3.05, 3.63) is 284 Å². The van der Waals surface area contributed by atoms with Crippen LogP contribution >= 0.6 is 0 Å². The van der Waals surface area contributed by atoms with Crippen molar-refractivity contribution in [3.8, 4) is 27.9 Å². The Balaban J connectivity index is 0.875. The molecule has 0 aliphatic carbocycles. The number of aromatic nitrogens is 1. The van der Waals surface area contributed by atoms with E-state index in [1.807, 2.05) is 0 Å². The Labute approximate surface area is 442 Å².